The van der Waals surface area contributed by atoms with Crippen LogP contribution in [0.4, 0.5) is 15.8 Å². The Morgan fingerprint density at radius 3 is 2.87 bits per heavy atom. The van der Waals surface area contributed by atoms with Crippen molar-refractivity contribution in [1.82, 2.24) is 4.98 Å². The van der Waals surface area contributed by atoms with Gasteiger partial charge in [0.25, 0.3) is 5.69 Å². The van der Waals surface area contributed by atoms with E-state index < -0.39 is 10.7 Å². The number of nitro benzene ring substituents is 1. The van der Waals surface area contributed by atoms with Crippen LogP contribution in [0.1, 0.15) is 10.8 Å². The van der Waals surface area contributed by atoms with Crippen LogP contribution in [-0.2, 0) is 6.54 Å². The third-order valence-electron chi connectivity index (χ3n) is 3.15. The zero-order valence-corrected chi connectivity index (χ0v) is 12.9. The average molecular weight is 333 g/mol. The highest BCUT2D eigenvalue weighted by Crippen LogP contribution is 2.25. The van der Waals surface area contributed by atoms with Crippen LogP contribution < -0.4 is 5.32 Å². The Morgan fingerprint density at radius 1 is 1.39 bits per heavy atom. The SMILES string of the molecule is Cc1nc(-c2ccc(CNc3ccc([N+](=O)[O-])cc3F)o2)cs1. The minimum absolute atomic E-state index is 0.179. The molecule has 2 aromatic heterocycles. The van der Waals surface area contributed by atoms with E-state index in [1.54, 1.807) is 12.1 Å². The van der Waals surface area contributed by atoms with Gasteiger partial charge in [0, 0.05) is 11.4 Å². The maximum Gasteiger partial charge on any atom is 0.272 e. The Labute approximate surface area is 134 Å². The number of nitrogens with zero attached hydrogens (tertiary/aromatic N) is 2. The van der Waals surface area contributed by atoms with Crippen LogP contribution in [0, 0.1) is 22.9 Å². The molecular weight excluding hydrogens is 321 g/mol. The molecule has 0 bridgehead atoms. The Morgan fingerprint density at radius 2 is 2.22 bits per heavy atom. The van der Waals surface area contributed by atoms with Gasteiger partial charge in [0.2, 0.25) is 0 Å². The maximum atomic E-state index is 13.8. The minimum atomic E-state index is -0.680. The number of nitrogens with one attached hydrogen (secondary N) is 1. The van der Waals surface area contributed by atoms with Crippen molar-refractivity contribution in [3.05, 3.63) is 62.4 Å². The summed E-state index contributed by atoms with van der Waals surface area (Å²) >= 11 is 1.53. The van der Waals surface area contributed by atoms with Gasteiger partial charge >= 0.3 is 0 Å². The van der Waals surface area contributed by atoms with Crippen LogP contribution in [0.2, 0.25) is 0 Å². The molecule has 0 unspecified atom stereocenters. The summed E-state index contributed by atoms with van der Waals surface area (Å²) in [5.41, 5.74) is 0.658. The van der Waals surface area contributed by atoms with Crippen molar-refractivity contribution in [1.29, 1.82) is 0 Å². The van der Waals surface area contributed by atoms with Crippen LogP contribution in [-0.4, -0.2) is 9.91 Å². The fraction of sp³-hybridized carbons (Fsp3) is 0.133. The lowest BCUT2D eigenvalue weighted by Crippen LogP contribution is -2.01. The largest absolute Gasteiger partial charge is 0.458 e. The second-order valence-electron chi connectivity index (χ2n) is 4.79. The number of hydrogen-bond donors (Lipinski definition) is 1. The van der Waals surface area contributed by atoms with Crippen molar-refractivity contribution in [2.24, 2.45) is 0 Å². The lowest BCUT2D eigenvalue weighted by molar-refractivity contribution is -0.385. The Bertz CT molecular complexity index is 859. The molecule has 0 atom stereocenters. The van der Waals surface area contributed by atoms with E-state index in [1.165, 1.54) is 23.5 Å². The molecule has 1 aromatic carbocycles. The van der Waals surface area contributed by atoms with Gasteiger partial charge in [-0.05, 0) is 25.1 Å². The molecule has 118 valence electrons. The number of aryl methyl sites for hydroxylation is 1. The molecular formula is C15H12FN3O3S. The van der Waals surface area contributed by atoms with Crippen molar-refractivity contribution in [3.63, 3.8) is 0 Å². The summed E-state index contributed by atoms with van der Waals surface area (Å²) in [4.78, 5) is 14.3. The molecule has 23 heavy (non-hydrogen) atoms. The highest BCUT2D eigenvalue weighted by atomic mass is 32.1. The van der Waals surface area contributed by atoms with Crippen LogP contribution in [0.15, 0.2) is 40.1 Å². The van der Waals surface area contributed by atoms with Gasteiger partial charge in [-0.15, -0.1) is 11.3 Å². The first-order valence-corrected chi connectivity index (χ1v) is 7.60. The molecule has 0 spiro atoms. The van der Waals surface area contributed by atoms with Crippen LogP contribution in [0.25, 0.3) is 11.5 Å². The van der Waals surface area contributed by atoms with Gasteiger partial charge in [0.15, 0.2) is 11.6 Å². The number of halogens is 1. The van der Waals surface area contributed by atoms with Crippen molar-refractivity contribution in [2.45, 2.75) is 13.5 Å². The number of furan rings is 1. The van der Waals surface area contributed by atoms with Gasteiger partial charge in [-0.25, -0.2) is 9.37 Å². The number of nitro groups is 1. The van der Waals surface area contributed by atoms with E-state index in [9.17, 15) is 14.5 Å². The molecule has 0 fully saturated rings. The predicted octanol–water partition coefficient (Wildman–Crippen LogP) is 4.37. The first-order chi connectivity index (χ1) is 11.0. The summed E-state index contributed by atoms with van der Waals surface area (Å²) in [6.07, 6.45) is 0. The second-order valence-corrected chi connectivity index (χ2v) is 5.85. The molecule has 6 nitrogen and oxygen atoms in total. The fourth-order valence-corrected chi connectivity index (χ4v) is 2.63. The molecule has 2 heterocycles. The smallest absolute Gasteiger partial charge is 0.272 e. The van der Waals surface area contributed by atoms with Crippen molar-refractivity contribution < 1.29 is 13.7 Å². The Hall–Kier alpha value is -2.74. The molecule has 0 saturated carbocycles. The van der Waals surface area contributed by atoms with Crippen LogP contribution >= 0.6 is 11.3 Å². The van der Waals surface area contributed by atoms with E-state index in [-0.39, 0.29) is 17.9 Å². The third-order valence-corrected chi connectivity index (χ3v) is 3.92. The molecule has 0 amide bonds. The molecule has 8 heteroatoms. The van der Waals surface area contributed by atoms with Gasteiger partial charge in [-0.1, -0.05) is 0 Å². The van der Waals surface area contributed by atoms with Crippen molar-refractivity contribution >= 4 is 22.7 Å². The van der Waals surface area contributed by atoms with Gasteiger partial charge < -0.3 is 9.73 Å². The topological polar surface area (TPSA) is 81.2 Å². The quantitative estimate of drug-likeness (QED) is 0.554. The van der Waals surface area contributed by atoms with Gasteiger partial charge in [-0.2, -0.15) is 0 Å². The summed E-state index contributed by atoms with van der Waals surface area (Å²) in [5.74, 6) is 0.583. The van der Waals surface area contributed by atoms with Crippen LogP contribution in [0.5, 0.6) is 0 Å². The summed E-state index contributed by atoms with van der Waals surface area (Å²) in [6, 6.07) is 7.05. The molecule has 0 aliphatic rings. The number of rotatable bonds is 5. The molecule has 0 radical (unpaired) electrons. The lowest BCUT2D eigenvalue weighted by Gasteiger charge is -2.05. The molecule has 0 aliphatic carbocycles. The summed E-state index contributed by atoms with van der Waals surface area (Å²) in [5, 5.41) is 16.3. The monoisotopic (exact) mass is 333 g/mol. The van der Waals surface area contributed by atoms with E-state index in [0.717, 1.165) is 16.8 Å². The number of thiazole rings is 1. The summed E-state index contributed by atoms with van der Waals surface area (Å²) in [7, 11) is 0. The van der Waals surface area contributed by atoms with Gasteiger partial charge in [0.1, 0.15) is 11.5 Å². The second kappa shape index (κ2) is 6.17. The van der Waals surface area contributed by atoms with Gasteiger partial charge in [-0.3, -0.25) is 10.1 Å². The van der Waals surface area contributed by atoms with E-state index in [2.05, 4.69) is 10.3 Å². The fourth-order valence-electron chi connectivity index (χ4n) is 2.03. The van der Waals surface area contributed by atoms with Crippen molar-refractivity contribution in [2.75, 3.05) is 5.32 Å². The zero-order valence-electron chi connectivity index (χ0n) is 12.1. The summed E-state index contributed by atoms with van der Waals surface area (Å²) < 4.78 is 19.4. The maximum absolute atomic E-state index is 13.8. The standard InChI is InChI=1S/C15H12FN3O3S/c1-9-18-14(8-23-9)15-5-3-11(22-15)7-17-13-4-2-10(19(20)21)6-12(13)16/h2-6,8,17H,7H2,1H3. The summed E-state index contributed by atoms with van der Waals surface area (Å²) in [6.45, 7) is 2.18. The number of benzene rings is 1. The normalized spacial score (nSPS) is 10.7. The number of hydrogen-bond acceptors (Lipinski definition) is 6. The third kappa shape index (κ3) is 3.37. The minimum Gasteiger partial charge on any atom is -0.458 e. The average Bonchev–Trinajstić information content (AvgIpc) is 3.14. The molecule has 0 saturated heterocycles. The van der Waals surface area contributed by atoms with Crippen molar-refractivity contribution in [3.8, 4) is 11.5 Å². The molecule has 3 aromatic rings. The van der Waals surface area contributed by atoms with E-state index in [1.807, 2.05) is 12.3 Å². The Balaban J connectivity index is 1.69. The molecule has 0 aliphatic heterocycles. The highest BCUT2D eigenvalue weighted by Gasteiger charge is 2.12. The number of non-ortho nitro benzene ring substituents is 1. The molecule has 3 rings (SSSR count). The molecule has 1 N–H and O–H groups in total. The first kappa shape index (κ1) is 15.2. The van der Waals surface area contributed by atoms with Gasteiger partial charge in [0.05, 0.1) is 28.2 Å². The van der Waals surface area contributed by atoms with Crippen LogP contribution in [0.3, 0.4) is 0 Å². The zero-order chi connectivity index (χ0) is 16.4. The Kier molecular flexibility index (Phi) is 4.07. The van der Waals surface area contributed by atoms with E-state index >= 15 is 0 Å². The number of anilines is 1. The highest BCUT2D eigenvalue weighted by molar-refractivity contribution is 7.09. The first-order valence-electron chi connectivity index (χ1n) is 6.72. The van der Waals surface area contributed by atoms with E-state index in [4.69, 9.17) is 4.42 Å². The predicted molar refractivity (Wildman–Crippen MR) is 84.9 cm³/mol. The number of aromatic nitrogens is 1. The van der Waals surface area contributed by atoms with E-state index in [0.29, 0.717) is 11.5 Å². The lowest BCUT2D eigenvalue weighted by atomic mass is 10.2.